The summed E-state index contributed by atoms with van der Waals surface area (Å²) >= 11 is 0. The van der Waals surface area contributed by atoms with Crippen molar-refractivity contribution in [3.63, 3.8) is 0 Å². The number of rotatable bonds is 7. The first-order valence-corrected chi connectivity index (χ1v) is 9.99. The third-order valence-corrected chi connectivity index (χ3v) is 6.04. The Kier molecular flexibility index (Phi) is 6.17. The number of ether oxygens (including phenoxy) is 1. The number of hydrogen-bond acceptors (Lipinski definition) is 6. The van der Waals surface area contributed by atoms with Gasteiger partial charge < -0.3 is 10.1 Å². The minimum absolute atomic E-state index is 0.0147. The molecule has 7 nitrogen and oxygen atoms in total. The zero-order valence-electron chi connectivity index (χ0n) is 14.5. The molecule has 1 aliphatic heterocycles. The van der Waals surface area contributed by atoms with Crippen molar-refractivity contribution in [1.29, 1.82) is 0 Å². The standard InChI is InChI=1S/C17H20F2N4O3S/c18-17(19)26-14-5-4-13(20-11-14)10-21-16-7-6-15(12-22-16)27(24,25)23-8-2-1-3-9-23/h4-7,11-12,17H,1-3,8-10H2,(H,21,22). The van der Waals surface area contributed by atoms with Crippen LogP contribution >= 0.6 is 0 Å². The Morgan fingerprint density at radius 1 is 1.07 bits per heavy atom. The van der Waals surface area contributed by atoms with Crippen molar-refractivity contribution in [2.75, 3.05) is 18.4 Å². The normalized spacial score (nSPS) is 15.7. The fourth-order valence-electron chi connectivity index (χ4n) is 2.76. The Hall–Kier alpha value is -2.33. The largest absolute Gasteiger partial charge is 0.433 e. The van der Waals surface area contributed by atoms with Gasteiger partial charge in [0.25, 0.3) is 0 Å². The van der Waals surface area contributed by atoms with Crippen LogP contribution in [0.15, 0.2) is 41.6 Å². The van der Waals surface area contributed by atoms with E-state index in [1.54, 1.807) is 12.1 Å². The maximum Gasteiger partial charge on any atom is 0.387 e. The maximum absolute atomic E-state index is 12.6. The molecule has 0 aromatic carbocycles. The maximum atomic E-state index is 12.6. The second-order valence-corrected chi connectivity index (χ2v) is 8.00. The summed E-state index contributed by atoms with van der Waals surface area (Å²) in [5, 5.41) is 3.01. The lowest BCUT2D eigenvalue weighted by atomic mass is 10.2. The molecule has 0 bridgehead atoms. The van der Waals surface area contributed by atoms with Gasteiger partial charge in [-0.15, -0.1) is 0 Å². The zero-order chi connectivity index (χ0) is 19.3. The summed E-state index contributed by atoms with van der Waals surface area (Å²) in [5.74, 6) is 0.474. The van der Waals surface area contributed by atoms with Crippen molar-refractivity contribution in [2.24, 2.45) is 0 Å². The monoisotopic (exact) mass is 398 g/mol. The number of alkyl halides is 2. The van der Waals surface area contributed by atoms with E-state index in [4.69, 9.17) is 0 Å². The fourth-order valence-corrected chi connectivity index (χ4v) is 4.22. The van der Waals surface area contributed by atoms with Crippen LogP contribution in [0.1, 0.15) is 25.0 Å². The van der Waals surface area contributed by atoms with Crippen LogP contribution in [0.4, 0.5) is 14.6 Å². The van der Waals surface area contributed by atoms with E-state index < -0.39 is 16.6 Å². The second kappa shape index (κ2) is 8.57. The lowest BCUT2D eigenvalue weighted by Crippen LogP contribution is -2.35. The fraction of sp³-hybridized carbons (Fsp3) is 0.412. The predicted octanol–water partition coefficient (Wildman–Crippen LogP) is 2.86. The van der Waals surface area contributed by atoms with Gasteiger partial charge >= 0.3 is 6.61 Å². The second-order valence-electron chi connectivity index (χ2n) is 6.06. The summed E-state index contributed by atoms with van der Waals surface area (Å²) in [7, 11) is -3.51. The van der Waals surface area contributed by atoms with E-state index in [1.165, 1.54) is 28.8 Å². The van der Waals surface area contributed by atoms with Crippen LogP contribution in [-0.2, 0) is 16.6 Å². The Bertz CT molecular complexity index is 839. The quantitative estimate of drug-likeness (QED) is 0.772. The van der Waals surface area contributed by atoms with Gasteiger partial charge in [0.15, 0.2) is 0 Å². The topological polar surface area (TPSA) is 84.4 Å². The van der Waals surface area contributed by atoms with Gasteiger partial charge in [-0.3, -0.25) is 4.98 Å². The van der Waals surface area contributed by atoms with Crippen molar-refractivity contribution in [3.05, 3.63) is 42.4 Å². The summed E-state index contributed by atoms with van der Waals surface area (Å²) in [6.45, 7) is -1.50. The number of halogens is 2. The Morgan fingerprint density at radius 3 is 2.44 bits per heavy atom. The molecule has 0 spiro atoms. The molecule has 0 radical (unpaired) electrons. The molecule has 2 aromatic heterocycles. The van der Waals surface area contributed by atoms with Crippen LogP contribution in [0.3, 0.4) is 0 Å². The molecule has 1 fully saturated rings. The van der Waals surface area contributed by atoms with E-state index in [0.29, 0.717) is 31.1 Å². The number of aromatic nitrogens is 2. The number of nitrogens with zero attached hydrogens (tertiary/aromatic N) is 3. The number of piperidine rings is 1. The SMILES string of the molecule is O=S(=O)(c1ccc(NCc2ccc(OC(F)F)cn2)nc1)N1CCCCC1. The number of anilines is 1. The molecule has 1 saturated heterocycles. The van der Waals surface area contributed by atoms with E-state index in [9.17, 15) is 17.2 Å². The highest BCUT2D eigenvalue weighted by Crippen LogP contribution is 2.21. The summed E-state index contributed by atoms with van der Waals surface area (Å²) < 4.78 is 55.1. The number of hydrogen-bond donors (Lipinski definition) is 1. The van der Waals surface area contributed by atoms with E-state index in [0.717, 1.165) is 19.3 Å². The molecule has 0 saturated carbocycles. The van der Waals surface area contributed by atoms with Gasteiger partial charge in [-0.2, -0.15) is 13.1 Å². The highest BCUT2D eigenvalue weighted by molar-refractivity contribution is 7.89. The average molecular weight is 398 g/mol. The number of sulfonamides is 1. The molecular weight excluding hydrogens is 378 g/mol. The van der Waals surface area contributed by atoms with E-state index in [-0.39, 0.29) is 10.6 Å². The van der Waals surface area contributed by atoms with Gasteiger partial charge in [0, 0.05) is 19.3 Å². The summed E-state index contributed by atoms with van der Waals surface area (Å²) in [6, 6.07) is 6.06. The Balaban J connectivity index is 1.59. The summed E-state index contributed by atoms with van der Waals surface area (Å²) in [4.78, 5) is 8.32. The van der Waals surface area contributed by atoms with Crippen LogP contribution in [0, 0.1) is 0 Å². The molecule has 3 heterocycles. The zero-order valence-corrected chi connectivity index (χ0v) is 15.3. The van der Waals surface area contributed by atoms with Gasteiger partial charge in [0.05, 0.1) is 18.4 Å². The molecule has 10 heteroatoms. The van der Waals surface area contributed by atoms with Gasteiger partial charge in [-0.05, 0) is 37.1 Å². The Labute approximate surface area is 156 Å². The molecule has 146 valence electrons. The van der Waals surface area contributed by atoms with Crippen LogP contribution < -0.4 is 10.1 Å². The number of nitrogens with one attached hydrogen (secondary N) is 1. The molecular formula is C17H20F2N4O3S. The first kappa shape index (κ1) is 19.4. The molecule has 27 heavy (non-hydrogen) atoms. The molecule has 3 rings (SSSR count). The lowest BCUT2D eigenvalue weighted by molar-refractivity contribution is -0.0500. The third-order valence-electron chi connectivity index (χ3n) is 4.16. The van der Waals surface area contributed by atoms with Crippen LogP contribution in [0.2, 0.25) is 0 Å². The molecule has 1 N–H and O–H groups in total. The first-order chi connectivity index (χ1) is 12.9. The van der Waals surface area contributed by atoms with Crippen molar-refractivity contribution >= 4 is 15.8 Å². The van der Waals surface area contributed by atoms with Crippen LogP contribution in [-0.4, -0.2) is 42.4 Å². The lowest BCUT2D eigenvalue weighted by Gasteiger charge is -2.25. The van der Waals surface area contributed by atoms with Crippen LogP contribution in [0.25, 0.3) is 0 Å². The minimum atomic E-state index is -3.51. The molecule has 0 aliphatic carbocycles. The van der Waals surface area contributed by atoms with Crippen molar-refractivity contribution in [3.8, 4) is 5.75 Å². The van der Waals surface area contributed by atoms with Crippen molar-refractivity contribution in [1.82, 2.24) is 14.3 Å². The predicted molar refractivity (Wildman–Crippen MR) is 95.0 cm³/mol. The number of pyridine rings is 2. The highest BCUT2D eigenvalue weighted by Gasteiger charge is 2.26. The van der Waals surface area contributed by atoms with Gasteiger partial charge in [-0.25, -0.2) is 13.4 Å². The Morgan fingerprint density at radius 2 is 1.85 bits per heavy atom. The molecule has 0 amide bonds. The molecule has 0 unspecified atom stereocenters. The molecule has 1 aliphatic rings. The molecule has 0 atom stereocenters. The van der Waals surface area contributed by atoms with Gasteiger partial charge in [0.1, 0.15) is 16.5 Å². The molecule has 2 aromatic rings. The summed E-state index contributed by atoms with van der Waals surface area (Å²) in [5.41, 5.74) is 0.600. The van der Waals surface area contributed by atoms with E-state index in [2.05, 4.69) is 20.0 Å². The van der Waals surface area contributed by atoms with Gasteiger partial charge in [0.2, 0.25) is 10.0 Å². The first-order valence-electron chi connectivity index (χ1n) is 8.55. The van der Waals surface area contributed by atoms with Crippen LogP contribution in [0.5, 0.6) is 5.75 Å². The summed E-state index contributed by atoms with van der Waals surface area (Å²) in [6.07, 6.45) is 5.35. The minimum Gasteiger partial charge on any atom is -0.433 e. The van der Waals surface area contributed by atoms with Gasteiger partial charge in [-0.1, -0.05) is 6.42 Å². The van der Waals surface area contributed by atoms with E-state index >= 15 is 0 Å². The highest BCUT2D eigenvalue weighted by atomic mass is 32.2. The average Bonchev–Trinajstić information content (AvgIpc) is 2.68. The smallest absolute Gasteiger partial charge is 0.387 e. The van der Waals surface area contributed by atoms with Crippen molar-refractivity contribution in [2.45, 2.75) is 37.3 Å². The van der Waals surface area contributed by atoms with Crippen molar-refractivity contribution < 1.29 is 21.9 Å². The van der Waals surface area contributed by atoms with E-state index in [1.807, 2.05) is 0 Å². The third kappa shape index (κ3) is 5.10.